The number of para-hydroxylation sites is 1. The fourth-order valence-corrected chi connectivity index (χ4v) is 2.61. The van der Waals surface area contributed by atoms with Crippen LogP contribution in [-0.4, -0.2) is 25.7 Å². The predicted molar refractivity (Wildman–Crippen MR) is 83.9 cm³/mol. The lowest BCUT2D eigenvalue weighted by Crippen LogP contribution is -2.32. The largest absolute Gasteiger partial charge is 0.367 e. The van der Waals surface area contributed by atoms with Gasteiger partial charge < -0.3 is 10.2 Å². The van der Waals surface area contributed by atoms with Crippen LogP contribution < -0.4 is 10.2 Å². The highest BCUT2D eigenvalue weighted by Crippen LogP contribution is 2.26. The van der Waals surface area contributed by atoms with Gasteiger partial charge >= 0.3 is 0 Å². The maximum Gasteiger partial charge on any atom is 0.0401 e. The average Bonchev–Trinajstić information content (AvgIpc) is 2.59. The second-order valence-corrected chi connectivity index (χ2v) is 5.79. The van der Waals surface area contributed by atoms with Crippen molar-refractivity contribution in [1.29, 1.82) is 0 Å². The minimum absolute atomic E-state index is 0.521. The zero-order valence-electron chi connectivity index (χ0n) is 12.3. The Bertz CT molecular complexity index is 423. The van der Waals surface area contributed by atoms with Crippen LogP contribution in [0.3, 0.4) is 0 Å². The lowest BCUT2D eigenvalue weighted by molar-refractivity contribution is 0.614. The van der Waals surface area contributed by atoms with Crippen molar-refractivity contribution in [3.8, 4) is 0 Å². The molecular weight excluding hydrogens is 232 g/mol. The molecule has 0 aliphatic carbocycles. The number of aryl methyl sites for hydroxylation is 1. The minimum Gasteiger partial charge on any atom is -0.367 e. The molecule has 1 aromatic carbocycles. The van der Waals surface area contributed by atoms with Gasteiger partial charge in [0.15, 0.2) is 0 Å². The molecule has 1 N–H and O–H groups in total. The van der Waals surface area contributed by atoms with Gasteiger partial charge in [0.25, 0.3) is 0 Å². The van der Waals surface area contributed by atoms with E-state index in [2.05, 4.69) is 54.9 Å². The molecule has 0 fully saturated rings. The van der Waals surface area contributed by atoms with Crippen molar-refractivity contribution in [2.45, 2.75) is 39.2 Å². The topological polar surface area (TPSA) is 15.3 Å². The molecule has 0 bridgehead atoms. The van der Waals surface area contributed by atoms with E-state index in [1.807, 2.05) is 0 Å². The second kappa shape index (κ2) is 6.76. The van der Waals surface area contributed by atoms with E-state index in [1.165, 1.54) is 36.1 Å². The highest BCUT2D eigenvalue weighted by molar-refractivity contribution is 5.55. The summed E-state index contributed by atoms with van der Waals surface area (Å²) < 4.78 is 0. The van der Waals surface area contributed by atoms with E-state index < -0.39 is 0 Å². The molecule has 0 unspecified atom stereocenters. The molecule has 1 heterocycles. The summed E-state index contributed by atoms with van der Waals surface area (Å²) in [6, 6.07) is 9.34. The fourth-order valence-electron chi connectivity index (χ4n) is 2.61. The normalized spacial score (nSPS) is 15.2. The Balaban J connectivity index is 2.01. The Morgan fingerprint density at radius 3 is 2.89 bits per heavy atom. The third-order valence-corrected chi connectivity index (χ3v) is 3.63. The van der Waals surface area contributed by atoms with Gasteiger partial charge in [-0.3, -0.25) is 0 Å². The van der Waals surface area contributed by atoms with E-state index in [0.717, 1.165) is 19.6 Å². The summed E-state index contributed by atoms with van der Waals surface area (Å²) in [5, 5.41) is 3.45. The smallest absolute Gasteiger partial charge is 0.0401 e. The zero-order valence-corrected chi connectivity index (χ0v) is 12.3. The molecule has 0 spiro atoms. The summed E-state index contributed by atoms with van der Waals surface area (Å²) in [7, 11) is 0. The van der Waals surface area contributed by atoms with Crippen molar-refractivity contribution < 1.29 is 0 Å². The third-order valence-electron chi connectivity index (χ3n) is 3.63. The SMILES string of the molecule is C=C(CNC(C)C)CN1CCCCc2ccccc21. The molecule has 104 valence electrons. The number of hydrogen-bond acceptors (Lipinski definition) is 2. The van der Waals surface area contributed by atoms with Crippen molar-refractivity contribution in [3.63, 3.8) is 0 Å². The highest BCUT2D eigenvalue weighted by atomic mass is 15.1. The quantitative estimate of drug-likeness (QED) is 0.815. The van der Waals surface area contributed by atoms with Crippen LogP contribution in [0.25, 0.3) is 0 Å². The van der Waals surface area contributed by atoms with Crippen LogP contribution >= 0.6 is 0 Å². The van der Waals surface area contributed by atoms with Crippen molar-refractivity contribution >= 4 is 5.69 Å². The fraction of sp³-hybridized carbons (Fsp3) is 0.529. The van der Waals surface area contributed by atoms with Crippen LogP contribution in [0.4, 0.5) is 5.69 Å². The summed E-state index contributed by atoms with van der Waals surface area (Å²) in [4.78, 5) is 2.49. The van der Waals surface area contributed by atoms with Crippen molar-refractivity contribution in [2.75, 3.05) is 24.5 Å². The van der Waals surface area contributed by atoms with Crippen molar-refractivity contribution in [3.05, 3.63) is 42.0 Å². The highest BCUT2D eigenvalue weighted by Gasteiger charge is 2.15. The van der Waals surface area contributed by atoms with E-state index in [4.69, 9.17) is 0 Å². The van der Waals surface area contributed by atoms with E-state index in [9.17, 15) is 0 Å². The summed E-state index contributed by atoms with van der Waals surface area (Å²) in [6.45, 7) is 11.6. The van der Waals surface area contributed by atoms with Crippen LogP contribution in [0.2, 0.25) is 0 Å². The summed E-state index contributed by atoms with van der Waals surface area (Å²) in [5.41, 5.74) is 4.17. The molecule has 0 saturated carbocycles. The van der Waals surface area contributed by atoms with E-state index in [0.29, 0.717) is 6.04 Å². The second-order valence-electron chi connectivity index (χ2n) is 5.79. The van der Waals surface area contributed by atoms with Gasteiger partial charge in [-0.1, -0.05) is 38.6 Å². The molecule has 0 amide bonds. The molecule has 1 aliphatic heterocycles. The first-order chi connectivity index (χ1) is 9.16. The standard InChI is InChI=1S/C17H26N2/c1-14(2)18-12-15(3)13-19-11-7-6-9-16-8-4-5-10-17(16)19/h4-5,8,10,14,18H,3,6-7,9,11-13H2,1-2H3. The predicted octanol–water partition coefficient (Wildman–Crippen LogP) is 3.38. The molecular formula is C17H26N2. The molecule has 1 aliphatic rings. The van der Waals surface area contributed by atoms with Crippen LogP contribution in [0.15, 0.2) is 36.4 Å². The molecule has 19 heavy (non-hydrogen) atoms. The Morgan fingerprint density at radius 2 is 2.11 bits per heavy atom. The number of fused-ring (bicyclic) bond motifs is 1. The molecule has 0 radical (unpaired) electrons. The molecule has 0 atom stereocenters. The monoisotopic (exact) mass is 258 g/mol. The van der Waals surface area contributed by atoms with E-state index in [-0.39, 0.29) is 0 Å². The number of nitrogens with zero attached hydrogens (tertiary/aromatic N) is 1. The first-order valence-electron chi connectivity index (χ1n) is 7.39. The molecule has 2 nitrogen and oxygen atoms in total. The van der Waals surface area contributed by atoms with Gasteiger partial charge in [-0.15, -0.1) is 0 Å². The molecule has 0 saturated heterocycles. The van der Waals surface area contributed by atoms with E-state index in [1.54, 1.807) is 0 Å². The number of nitrogens with one attached hydrogen (secondary N) is 1. The van der Waals surface area contributed by atoms with Crippen molar-refractivity contribution in [1.82, 2.24) is 5.32 Å². The minimum atomic E-state index is 0.521. The van der Waals surface area contributed by atoms with Gasteiger partial charge in [0, 0.05) is 31.4 Å². The molecule has 2 rings (SSSR count). The Labute approximate surface area is 117 Å². The van der Waals surface area contributed by atoms with Crippen LogP contribution in [-0.2, 0) is 6.42 Å². The number of benzene rings is 1. The van der Waals surface area contributed by atoms with E-state index >= 15 is 0 Å². The molecule has 1 aromatic rings. The Kier molecular flexibility index (Phi) is 5.03. The van der Waals surface area contributed by atoms with Crippen LogP contribution in [0.1, 0.15) is 32.3 Å². The average molecular weight is 258 g/mol. The maximum absolute atomic E-state index is 4.22. The first kappa shape index (κ1) is 14.1. The zero-order chi connectivity index (χ0) is 13.7. The molecule has 0 aromatic heterocycles. The Hall–Kier alpha value is -1.28. The lowest BCUT2D eigenvalue weighted by Gasteiger charge is -2.26. The van der Waals surface area contributed by atoms with Gasteiger partial charge in [0.2, 0.25) is 0 Å². The van der Waals surface area contributed by atoms with Gasteiger partial charge in [0.1, 0.15) is 0 Å². The van der Waals surface area contributed by atoms with Gasteiger partial charge in [-0.05, 0) is 36.5 Å². The first-order valence-corrected chi connectivity index (χ1v) is 7.39. The number of rotatable bonds is 5. The summed E-state index contributed by atoms with van der Waals surface area (Å²) >= 11 is 0. The lowest BCUT2D eigenvalue weighted by atomic mass is 10.1. The van der Waals surface area contributed by atoms with Crippen molar-refractivity contribution in [2.24, 2.45) is 0 Å². The number of anilines is 1. The maximum atomic E-state index is 4.22. The van der Waals surface area contributed by atoms with Gasteiger partial charge in [-0.2, -0.15) is 0 Å². The van der Waals surface area contributed by atoms with Gasteiger partial charge in [-0.25, -0.2) is 0 Å². The van der Waals surface area contributed by atoms with Gasteiger partial charge in [0.05, 0.1) is 0 Å². The Morgan fingerprint density at radius 1 is 1.32 bits per heavy atom. The van der Waals surface area contributed by atoms with Crippen LogP contribution in [0, 0.1) is 0 Å². The third kappa shape index (κ3) is 4.10. The summed E-state index contributed by atoms with van der Waals surface area (Å²) in [6.07, 6.45) is 3.78. The summed E-state index contributed by atoms with van der Waals surface area (Å²) in [5.74, 6) is 0. The molecule has 2 heteroatoms. The van der Waals surface area contributed by atoms with Crippen LogP contribution in [0.5, 0.6) is 0 Å². The number of hydrogen-bond donors (Lipinski definition) is 1.